The molecule has 1 aliphatic heterocycles. The maximum absolute atomic E-state index is 12.2. The monoisotopic (exact) mass is 338 g/mol. The molecule has 1 aromatic carbocycles. The molecule has 1 N–H and O–H groups in total. The SMILES string of the molecule is CCC(C)N1CC(C(=O)Nc2cccc(Br)c2)CC1=O. The third-order valence-electron chi connectivity index (χ3n) is 3.74. The van der Waals surface area contributed by atoms with Gasteiger partial charge in [0.05, 0.1) is 5.92 Å². The van der Waals surface area contributed by atoms with Crippen LogP contribution in [0.25, 0.3) is 0 Å². The standard InChI is InChI=1S/C15H19BrN2O2/c1-3-10(2)18-9-11(7-14(18)19)15(20)17-13-6-4-5-12(16)8-13/h4-6,8,10-11H,3,7,9H2,1-2H3,(H,17,20). The molecule has 2 rings (SSSR count). The van der Waals surface area contributed by atoms with Crippen LogP contribution in [0.3, 0.4) is 0 Å². The van der Waals surface area contributed by atoms with Crippen molar-refractivity contribution in [3.8, 4) is 0 Å². The molecule has 20 heavy (non-hydrogen) atoms. The molecule has 2 atom stereocenters. The highest BCUT2D eigenvalue weighted by atomic mass is 79.9. The zero-order valence-corrected chi connectivity index (χ0v) is 13.3. The van der Waals surface area contributed by atoms with Crippen molar-refractivity contribution in [3.05, 3.63) is 28.7 Å². The number of carbonyl (C=O) groups excluding carboxylic acids is 2. The summed E-state index contributed by atoms with van der Waals surface area (Å²) >= 11 is 3.37. The molecule has 0 radical (unpaired) electrons. The van der Waals surface area contributed by atoms with Crippen LogP contribution in [0.2, 0.25) is 0 Å². The number of amides is 2. The van der Waals surface area contributed by atoms with Crippen LogP contribution in [-0.4, -0.2) is 29.3 Å². The fourth-order valence-corrected chi connectivity index (χ4v) is 2.76. The Bertz CT molecular complexity index is 518. The first-order chi connectivity index (χ1) is 9.51. The zero-order valence-electron chi connectivity index (χ0n) is 11.7. The molecule has 0 spiro atoms. The normalized spacial score (nSPS) is 20.1. The summed E-state index contributed by atoms with van der Waals surface area (Å²) in [6, 6.07) is 7.66. The molecule has 2 amide bonds. The third-order valence-corrected chi connectivity index (χ3v) is 4.24. The van der Waals surface area contributed by atoms with Gasteiger partial charge in [-0.1, -0.05) is 28.9 Å². The predicted octanol–water partition coefficient (Wildman–Crippen LogP) is 3.03. The summed E-state index contributed by atoms with van der Waals surface area (Å²) in [4.78, 5) is 26.0. The number of nitrogens with zero attached hydrogens (tertiary/aromatic N) is 1. The minimum Gasteiger partial charge on any atom is -0.339 e. The van der Waals surface area contributed by atoms with Gasteiger partial charge in [-0.15, -0.1) is 0 Å². The van der Waals surface area contributed by atoms with Crippen molar-refractivity contribution in [2.24, 2.45) is 5.92 Å². The van der Waals surface area contributed by atoms with E-state index in [0.717, 1.165) is 16.6 Å². The number of hydrogen-bond acceptors (Lipinski definition) is 2. The van der Waals surface area contributed by atoms with E-state index in [0.29, 0.717) is 13.0 Å². The van der Waals surface area contributed by atoms with Crippen molar-refractivity contribution in [2.45, 2.75) is 32.7 Å². The lowest BCUT2D eigenvalue weighted by Crippen LogP contribution is -2.35. The van der Waals surface area contributed by atoms with Gasteiger partial charge in [0, 0.05) is 29.2 Å². The molecule has 0 saturated carbocycles. The highest BCUT2D eigenvalue weighted by Gasteiger charge is 2.36. The number of carbonyl (C=O) groups is 2. The minimum absolute atomic E-state index is 0.0775. The van der Waals surface area contributed by atoms with Gasteiger partial charge >= 0.3 is 0 Å². The average molecular weight is 339 g/mol. The fraction of sp³-hybridized carbons (Fsp3) is 0.467. The number of rotatable bonds is 4. The van der Waals surface area contributed by atoms with Crippen molar-refractivity contribution in [2.75, 3.05) is 11.9 Å². The highest BCUT2D eigenvalue weighted by molar-refractivity contribution is 9.10. The van der Waals surface area contributed by atoms with Gasteiger partial charge in [0.25, 0.3) is 0 Å². The topological polar surface area (TPSA) is 49.4 Å². The highest BCUT2D eigenvalue weighted by Crippen LogP contribution is 2.23. The molecule has 1 fully saturated rings. The van der Waals surface area contributed by atoms with E-state index in [-0.39, 0.29) is 23.8 Å². The van der Waals surface area contributed by atoms with E-state index in [1.807, 2.05) is 43.0 Å². The van der Waals surface area contributed by atoms with Crippen molar-refractivity contribution >= 4 is 33.4 Å². The largest absolute Gasteiger partial charge is 0.339 e. The van der Waals surface area contributed by atoms with E-state index in [1.165, 1.54) is 0 Å². The summed E-state index contributed by atoms with van der Waals surface area (Å²) in [5.74, 6) is -0.258. The van der Waals surface area contributed by atoms with E-state index in [2.05, 4.69) is 21.2 Å². The predicted molar refractivity (Wildman–Crippen MR) is 82.3 cm³/mol. The molecule has 2 unspecified atom stereocenters. The average Bonchev–Trinajstić information content (AvgIpc) is 2.80. The quantitative estimate of drug-likeness (QED) is 0.917. The molecule has 0 aliphatic carbocycles. The van der Waals surface area contributed by atoms with E-state index in [9.17, 15) is 9.59 Å². The van der Waals surface area contributed by atoms with Gasteiger partial charge in [-0.25, -0.2) is 0 Å². The Morgan fingerprint density at radius 3 is 2.95 bits per heavy atom. The molecule has 4 nitrogen and oxygen atoms in total. The van der Waals surface area contributed by atoms with E-state index in [4.69, 9.17) is 0 Å². The molecule has 0 aromatic heterocycles. The molecule has 108 valence electrons. The summed E-state index contributed by atoms with van der Waals surface area (Å²) in [6.45, 7) is 4.59. The summed E-state index contributed by atoms with van der Waals surface area (Å²) in [5.41, 5.74) is 0.749. The first-order valence-corrected chi connectivity index (χ1v) is 7.66. The lowest BCUT2D eigenvalue weighted by atomic mass is 10.1. The lowest BCUT2D eigenvalue weighted by molar-refractivity contribution is -0.129. The van der Waals surface area contributed by atoms with Crippen LogP contribution in [0.15, 0.2) is 28.7 Å². The summed E-state index contributed by atoms with van der Waals surface area (Å²) in [6.07, 6.45) is 1.22. The number of hydrogen-bond donors (Lipinski definition) is 1. The minimum atomic E-state index is -0.254. The Kier molecular flexibility index (Phi) is 4.81. The third kappa shape index (κ3) is 3.39. The second-order valence-electron chi connectivity index (χ2n) is 5.20. The smallest absolute Gasteiger partial charge is 0.229 e. The van der Waals surface area contributed by atoms with Gasteiger partial charge < -0.3 is 10.2 Å². The van der Waals surface area contributed by atoms with Gasteiger partial charge in [0.15, 0.2) is 0 Å². The Balaban J connectivity index is 1.99. The van der Waals surface area contributed by atoms with E-state index >= 15 is 0 Å². The first kappa shape index (κ1) is 15.0. The van der Waals surface area contributed by atoms with E-state index < -0.39 is 0 Å². The molecule has 0 bridgehead atoms. The van der Waals surface area contributed by atoms with Crippen LogP contribution in [0.4, 0.5) is 5.69 Å². The van der Waals surface area contributed by atoms with Gasteiger partial charge in [0.1, 0.15) is 0 Å². The van der Waals surface area contributed by atoms with Gasteiger partial charge in [-0.05, 0) is 31.5 Å². The van der Waals surface area contributed by atoms with Crippen molar-refractivity contribution in [3.63, 3.8) is 0 Å². The number of likely N-dealkylation sites (tertiary alicyclic amines) is 1. The van der Waals surface area contributed by atoms with Crippen LogP contribution in [-0.2, 0) is 9.59 Å². The maximum Gasteiger partial charge on any atom is 0.229 e. The van der Waals surface area contributed by atoms with Gasteiger partial charge in [-0.3, -0.25) is 9.59 Å². The lowest BCUT2D eigenvalue weighted by Gasteiger charge is -2.23. The molecule has 1 saturated heterocycles. The second-order valence-corrected chi connectivity index (χ2v) is 6.12. The fourth-order valence-electron chi connectivity index (χ4n) is 2.36. The number of benzene rings is 1. The molecule has 5 heteroatoms. The van der Waals surface area contributed by atoms with Crippen molar-refractivity contribution in [1.82, 2.24) is 4.90 Å². The van der Waals surface area contributed by atoms with Gasteiger partial charge in [0.2, 0.25) is 11.8 Å². The molecular formula is C15H19BrN2O2. The van der Waals surface area contributed by atoms with Crippen LogP contribution in [0.5, 0.6) is 0 Å². The number of nitrogens with one attached hydrogen (secondary N) is 1. The van der Waals surface area contributed by atoms with Crippen molar-refractivity contribution in [1.29, 1.82) is 0 Å². The Hall–Kier alpha value is -1.36. The van der Waals surface area contributed by atoms with Crippen LogP contribution < -0.4 is 5.32 Å². The summed E-state index contributed by atoms with van der Waals surface area (Å²) < 4.78 is 0.916. The van der Waals surface area contributed by atoms with Crippen LogP contribution >= 0.6 is 15.9 Å². The Labute approximate surface area is 127 Å². The first-order valence-electron chi connectivity index (χ1n) is 6.87. The number of halogens is 1. The summed E-state index contributed by atoms with van der Waals surface area (Å²) in [5, 5.41) is 2.87. The zero-order chi connectivity index (χ0) is 14.7. The van der Waals surface area contributed by atoms with E-state index in [1.54, 1.807) is 0 Å². The Morgan fingerprint density at radius 1 is 1.55 bits per heavy atom. The van der Waals surface area contributed by atoms with Crippen LogP contribution in [0, 0.1) is 5.92 Å². The summed E-state index contributed by atoms with van der Waals surface area (Å²) in [7, 11) is 0. The van der Waals surface area contributed by atoms with Crippen molar-refractivity contribution < 1.29 is 9.59 Å². The molecule has 1 aromatic rings. The van der Waals surface area contributed by atoms with Gasteiger partial charge in [-0.2, -0.15) is 0 Å². The van der Waals surface area contributed by atoms with Crippen LogP contribution in [0.1, 0.15) is 26.7 Å². The number of anilines is 1. The second kappa shape index (κ2) is 6.39. The molecule has 1 aliphatic rings. The maximum atomic E-state index is 12.2. The Morgan fingerprint density at radius 2 is 2.30 bits per heavy atom. The molecule has 1 heterocycles. The molecular weight excluding hydrogens is 320 g/mol.